The number of fused-ring (bicyclic) bond motifs is 1. The molecule has 164 valence electrons. The summed E-state index contributed by atoms with van der Waals surface area (Å²) in [5, 5.41) is 3.26. The van der Waals surface area contributed by atoms with E-state index >= 15 is 0 Å². The van der Waals surface area contributed by atoms with Crippen molar-refractivity contribution in [1.82, 2.24) is 15.3 Å². The summed E-state index contributed by atoms with van der Waals surface area (Å²) in [6.45, 7) is 4.67. The van der Waals surface area contributed by atoms with Gasteiger partial charge in [0.15, 0.2) is 11.0 Å². The Hall–Kier alpha value is -2.61. The van der Waals surface area contributed by atoms with Crippen molar-refractivity contribution in [3.8, 4) is 0 Å². The van der Waals surface area contributed by atoms with Crippen LogP contribution in [0.3, 0.4) is 0 Å². The van der Waals surface area contributed by atoms with Gasteiger partial charge in [-0.2, -0.15) is 0 Å². The molecule has 7 nitrogen and oxygen atoms in total. The summed E-state index contributed by atoms with van der Waals surface area (Å²) in [5.41, 5.74) is 0.882. The molecule has 4 rings (SSSR count). The number of rotatable bonds is 4. The number of carbonyl (C=O) groups excluding carboxylic acids is 2. The van der Waals surface area contributed by atoms with Crippen LogP contribution in [0.5, 0.6) is 0 Å². The van der Waals surface area contributed by atoms with Crippen LogP contribution in [0, 0.1) is 5.41 Å². The van der Waals surface area contributed by atoms with Gasteiger partial charge in [0.1, 0.15) is 5.69 Å². The molecule has 2 heterocycles. The van der Waals surface area contributed by atoms with E-state index < -0.39 is 5.41 Å². The van der Waals surface area contributed by atoms with Crippen molar-refractivity contribution >= 4 is 35.1 Å². The Morgan fingerprint density at radius 3 is 2.52 bits per heavy atom. The van der Waals surface area contributed by atoms with Crippen molar-refractivity contribution in [2.75, 3.05) is 30.4 Å². The minimum absolute atomic E-state index is 0.0861. The smallest absolute Gasteiger partial charge is 0.251 e. The molecule has 1 aliphatic carbocycles. The molecule has 1 aromatic carbocycles. The Bertz CT molecular complexity index is 986. The Morgan fingerprint density at radius 1 is 1.19 bits per heavy atom. The van der Waals surface area contributed by atoms with Gasteiger partial charge < -0.3 is 15.1 Å². The summed E-state index contributed by atoms with van der Waals surface area (Å²) < 4.78 is 0. The zero-order chi connectivity index (χ0) is 22.2. The van der Waals surface area contributed by atoms with Gasteiger partial charge in [-0.15, -0.1) is 0 Å². The second-order valence-corrected chi connectivity index (χ2v) is 9.92. The number of hydrogen-bond donors (Lipinski definition) is 1. The van der Waals surface area contributed by atoms with E-state index in [2.05, 4.69) is 15.2 Å². The highest BCUT2D eigenvalue weighted by molar-refractivity contribution is 7.99. The molecule has 0 radical (unpaired) electrons. The van der Waals surface area contributed by atoms with Crippen LogP contribution < -0.4 is 15.1 Å². The number of hydrogen-bond acceptors (Lipinski definition) is 6. The van der Waals surface area contributed by atoms with Gasteiger partial charge in [-0.1, -0.05) is 12.8 Å². The first kappa shape index (κ1) is 21.6. The second kappa shape index (κ2) is 8.49. The van der Waals surface area contributed by atoms with Crippen LogP contribution in [0.25, 0.3) is 0 Å². The number of anilines is 2. The monoisotopic (exact) mass is 439 g/mol. The zero-order valence-corrected chi connectivity index (χ0v) is 19.3. The molecule has 1 N–H and O–H groups in total. The third kappa shape index (κ3) is 4.26. The van der Waals surface area contributed by atoms with Crippen LogP contribution >= 0.6 is 11.8 Å². The molecule has 2 aliphatic rings. The summed E-state index contributed by atoms with van der Waals surface area (Å²) in [4.78, 5) is 39.3. The minimum atomic E-state index is -0.499. The molecule has 8 heteroatoms. The van der Waals surface area contributed by atoms with Crippen LogP contribution in [0.2, 0.25) is 0 Å². The quantitative estimate of drug-likeness (QED) is 0.731. The maximum Gasteiger partial charge on any atom is 0.251 e. The number of amides is 2. The maximum atomic E-state index is 13.1. The minimum Gasteiger partial charge on any atom is -0.355 e. The molecule has 0 spiro atoms. The zero-order valence-electron chi connectivity index (χ0n) is 18.5. The Kier molecular flexibility index (Phi) is 5.92. The van der Waals surface area contributed by atoms with E-state index in [0.717, 1.165) is 29.2 Å². The maximum absolute atomic E-state index is 13.1. The molecular formula is C23H29N5O2S. The third-order valence-corrected chi connectivity index (χ3v) is 7.02. The number of aromatic nitrogens is 2. The standard InChI is InChI=1S/C23H29N5O2S/c1-23(2)14-28(16-7-5-6-8-16)19-18(27(4)21(23)30)13-25-22(26-19)31-17-11-9-15(10-12-17)20(29)24-3/h9-13,16H,5-8,14H2,1-4H3,(H,24,29). The lowest BCUT2D eigenvalue weighted by Gasteiger charge is -2.34. The van der Waals surface area contributed by atoms with Gasteiger partial charge in [0.2, 0.25) is 5.91 Å². The topological polar surface area (TPSA) is 78.4 Å². The number of nitrogens with zero attached hydrogens (tertiary/aromatic N) is 4. The fraction of sp³-hybridized carbons (Fsp3) is 0.478. The Labute approximate surface area is 187 Å². The normalized spacial score (nSPS) is 18.6. The molecule has 0 saturated heterocycles. The average Bonchev–Trinajstić information content (AvgIpc) is 3.29. The van der Waals surface area contributed by atoms with Gasteiger partial charge in [-0.3, -0.25) is 9.59 Å². The first-order chi connectivity index (χ1) is 14.8. The summed E-state index contributed by atoms with van der Waals surface area (Å²) in [5.74, 6) is 0.816. The second-order valence-electron chi connectivity index (χ2n) is 8.88. The van der Waals surface area contributed by atoms with E-state index in [9.17, 15) is 9.59 Å². The van der Waals surface area contributed by atoms with E-state index in [1.807, 2.05) is 33.0 Å². The van der Waals surface area contributed by atoms with Gasteiger partial charge in [0.25, 0.3) is 5.91 Å². The largest absolute Gasteiger partial charge is 0.355 e. The van der Waals surface area contributed by atoms with Crippen molar-refractivity contribution in [3.05, 3.63) is 36.0 Å². The van der Waals surface area contributed by atoms with Crippen molar-refractivity contribution in [2.24, 2.45) is 5.41 Å². The SMILES string of the molecule is CNC(=O)c1ccc(Sc2ncc3c(n2)N(C2CCCC2)CC(C)(C)C(=O)N3C)cc1. The molecule has 1 aromatic heterocycles. The van der Waals surface area contributed by atoms with Crippen LogP contribution in [0.15, 0.2) is 40.5 Å². The highest BCUT2D eigenvalue weighted by Gasteiger charge is 2.41. The summed E-state index contributed by atoms with van der Waals surface area (Å²) in [6.07, 6.45) is 6.45. The fourth-order valence-corrected chi connectivity index (χ4v) is 5.14. The number of carbonyl (C=O) groups is 2. The van der Waals surface area contributed by atoms with Gasteiger partial charge in [-0.05, 0) is 62.7 Å². The van der Waals surface area contributed by atoms with Crippen molar-refractivity contribution in [3.63, 3.8) is 0 Å². The van der Waals surface area contributed by atoms with Crippen LogP contribution in [-0.2, 0) is 4.79 Å². The molecule has 1 fully saturated rings. The first-order valence-corrected chi connectivity index (χ1v) is 11.5. The molecule has 0 atom stereocenters. The van der Waals surface area contributed by atoms with E-state index in [1.165, 1.54) is 24.6 Å². The molecule has 1 aliphatic heterocycles. The highest BCUT2D eigenvalue weighted by Crippen LogP contribution is 2.41. The van der Waals surface area contributed by atoms with Gasteiger partial charge in [0.05, 0.1) is 11.6 Å². The van der Waals surface area contributed by atoms with E-state index in [0.29, 0.717) is 23.3 Å². The molecule has 1 saturated carbocycles. The number of benzene rings is 1. The Balaban J connectivity index is 1.67. The predicted molar refractivity (Wildman–Crippen MR) is 123 cm³/mol. The third-order valence-electron chi connectivity index (χ3n) is 6.13. The van der Waals surface area contributed by atoms with Gasteiger partial charge in [-0.25, -0.2) is 9.97 Å². The summed E-state index contributed by atoms with van der Waals surface area (Å²) in [6, 6.07) is 7.79. The van der Waals surface area contributed by atoms with E-state index in [-0.39, 0.29) is 11.8 Å². The molecule has 2 amide bonds. The van der Waals surface area contributed by atoms with Crippen molar-refractivity contribution < 1.29 is 9.59 Å². The van der Waals surface area contributed by atoms with E-state index in [1.54, 1.807) is 30.3 Å². The average molecular weight is 440 g/mol. The molecule has 2 aromatic rings. The molecule has 0 unspecified atom stereocenters. The predicted octanol–water partition coefficient (Wildman–Crippen LogP) is 3.74. The van der Waals surface area contributed by atoms with Gasteiger partial charge >= 0.3 is 0 Å². The fourth-order valence-electron chi connectivity index (χ4n) is 4.42. The first-order valence-electron chi connectivity index (χ1n) is 10.7. The molecule has 31 heavy (non-hydrogen) atoms. The summed E-state index contributed by atoms with van der Waals surface area (Å²) >= 11 is 1.46. The molecular weight excluding hydrogens is 410 g/mol. The highest BCUT2D eigenvalue weighted by atomic mass is 32.2. The van der Waals surface area contributed by atoms with Crippen molar-refractivity contribution in [2.45, 2.75) is 55.6 Å². The summed E-state index contributed by atoms with van der Waals surface area (Å²) in [7, 11) is 3.43. The van der Waals surface area contributed by atoms with Crippen LogP contribution in [0.4, 0.5) is 11.5 Å². The van der Waals surface area contributed by atoms with Gasteiger partial charge in [0, 0.05) is 37.1 Å². The van der Waals surface area contributed by atoms with Crippen LogP contribution in [-0.4, -0.2) is 48.5 Å². The lowest BCUT2D eigenvalue weighted by molar-refractivity contribution is -0.125. The van der Waals surface area contributed by atoms with E-state index in [4.69, 9.17) is 4.98 Å². The van der Waals surface area contributed by atoms with Crippen LogP contribution in [0.1, 0.15) is 49.9 Å². The number of nitrogens with one attached hydrogen (secondary N) is 1. The lowest BCUT2D eigenvalue weighted by atomic mass is 9.91. The molecule has 0 bridgehead atoms. The Morgan fingerprint density at radius 2 is 1.87 bits per heavy atom. The van der Waals surface area contributed by atoms with Crippen molar-refractivity contribution in [1.29, 1.82) is 0 Å². The lowest BCUT2D eigenvalue weighted by Crippen LogP contribution is -2.45.